The van der Waals surface area contributed by atoms with Gasteiger partial charge in [0.2, 0.25) is 0 Å². The van der Waals surface area contributed by atoms with E-state index in [2.05, 4.69) is 20.3 Å². The zero-order valence-corrected chi connectivity index (χ0v) is 9.36. The molecule has 0 saturated carbocycles. The van der Waals surface area contributed by atoms with Gasteiger partial charge in [0.15, 0.2) is 5.58 Å². The first-order chi connectivity index (χ1) is 8.72. The molecule has 0 atom stereocenters. The second-order valence-corrected chi connectivity index (χ2v) is 3.84. The van der Waals surface area contributed by atoms with Crippen LogP contribution in [-0.4, -0.2) is 15.0 Å². The molecule has 1 aromatic carbocycles. The van der Waals surface area contributed by atoms with Gasteiger partial charge in [-0.05, 0) is 6.07 Å². The van der Waals surface area contributed by atoms with Crippen molar-refractivity contribution >= 4 is 22.5 Å². The summed E-state index contributed by atoms with van der Waals surface area (Å²) in [5, 5.41) is 3.13. The maximum Gasteiger partial charge on any atom is 0.417 e. The lowest BCUT2D eigenvalue weighted by Gasteiger charge is -2.07. The zero-order valence-electron chi connectivity index (χ0n) is 9.36. The van der Waals surface area contributed by atoms with Gasteiger partial charge < -0.3 is 20.5 Å². The smallest absolute Gasteiger partial charge is 0.408 e. The van der Waals surface area contributed by atoms with E-state index in [9.17, 15) is 4.79 Å². The van der Waals surface area contributed by atoms with Crippen LogP contribution in [0.4, 0.5) is 11.4 Å². The Morgan fingerprint density at radius 3 is 3.11 bits per heavy atom. The van der Waals surface area contributed by atoms with Crippen LogP contribution in [0.15, 0.2) is 33.7 Å². The van der Waals surface area contributed by atoms with Crippen LogP contribution in [0.25, 0.3) is 11.1 Å². The average Bonchev–Trinajstić information content (AvgIpc) is 2.94. The lowest BCUT2D eigenvalue weighted by Crippen LogP contribution is -2.03. The Hall–Kier alpha value is -2.70. The zero-order chi connectivity index (χ0) is 12.5. The third kappa shape index (κ3) is 1.81. The number of nitrogen functional groups attached to an aromatic ring is 1. The number of aromatic amines is 2. The second kappa shape index (κ2) is 3.95. The Morgan fingerprint density at radius 1 is 1.44 bits per heavy atom. The van der Waals surface area contributed by atoms with Gasteiger partial charge in [-0.1, -0.05) is 0 Å². The number of nitrogens with two attached hydrogens (primary N) is 1. The minimum atomic E-state index is -0.493. The molecule has 0 spiro atoms. The van der Waals surface area contributed by atoms with Crippen molar-refractivity contribution < 1.29 is 4.42 Å². The normalized spacial score (nSPS) is 10.9. The van der Waals surface area contributed by atoms with Crippen LogP contribution in [0, 0.1) is 0 Å². The number of oxazole rings is 1. The van der Waals surface area contributed by atoms with Crippen LogP contribution in [0.1, 0.15) is 5.82 Å². The molecule has 7 heteroatoms. The van der Waals surface area contributed by atoms with Crippen molar-refractivity contribution in [2.24, 2.45) is 0 Å². The van der Waals surface area contributed by atoms with Crippen molar-refractivity contribution in [3.63, 3.8) is 0 Å². The predicted octanol–water partition coefficient (Wildman–Crippen LogP) is 1.04. The van der Waals surface area contributed by atoms with Gasteiger partial charge >= 0.3 is 5.76 Å². The number of aromatic nitrogens is 3. The number of hydrogen-bond donors (Lipinski definition) is 4. The molecule has 0 aliphatic heterocycles. The highest BCUT2D eigenvalue weighted by Gasteiger charge is 2.06. The SMILES string of the molecule is Nc1cc2oc(=O)[nH]c2cc1NCc1ncc[nH]1. The minimum Gasteiger partial charge on any atom is -0.408 e. The van der Waals surface area contributed by atoms with Crippen molar-refractivity contribution in [3.05, 3.63) is 40.9 Å². The molecule has 0 unspecified atom stereocenters. The van der Waals surface area contributed by atoms with Gasteiger partial charge in [0.05, 0.1) is 23.4 Å². The van der Waals surface area contributed by atoms with Crippen molar-refractivity contribution in [1.29, 1.82) is 0 Å². The van der Waals surface area contributed by atoms with E-state index in [1.807, 2.05) is 0 Å². The summed E-state index contributed by atoms with van der Waals surface area (Å²) in [7, 11) is 0. The summed E-state index contributed by atoms with van der Waals surface area (Å²) in [5.41, 5.74) is 8.15. The molecule has 3 aromatic rings. The maximum absolute atomic E-state index is 11.1. The summed E-state index contributed by atoms with van der Waals surface area (Å²) >= 11 is 0. The van der Waals surface area contributed by atoms with Crippen LogP contribution in [-0.2, 0) is 6.54 Å². The number of nitrogens with zero attached hydrogens (tertiary/aromatic N) is 1. The summed E-state index contributed by atoms with van der Waals surface area (Å²) in [5.74, 6) is 0.308. The molecule has 3 rings (SSSR count). The van der Waals surface area contributed by atoms with E-state index in [-0.39, 0.29) is 0 Å². The van der Waals surface area contributed by atoms with Crippen LogP contribution in [0.2, 0.25) is 0 Å². The lowest BCUT2D eigenvalue weighted by molar-refractivity contribution is 0.555. The third-order valence-electron chi connectivity index (χ3n) is 2.59. The fraction of sp³-hybridized carbons (Fsp3) is 0.0909. The van der Waals surface area contributed by atoms with E-state index in [0.29, 0.717) is 23.3 Å². The Kier molecular flexibility index (Phi) is 2.30. The highest BCUT2D eigenvalue weighted by atomic mass is 16.4. The first kappa shape index (κ1) is 10.5. The lowest BCUT2D eigenvalue weighted by atomic mass is 10.2. The topological polar surface area (TPSA) is 113 Å². The number of fused-ring (bicyclic) bond motifs is 1. The summed E-state index contributed by atoms with van der Waals surface area (Å²) in [6.07, 6.45) is 3.42. The van der Waals surface area contributed by atoms with E-state index in [4.69, 9.17) is 10.2 Å². The molecule has 2 heterocycles. The number of anilines is 2. The van der Waals surface area contributed by atoms with E-state index in [0.717, 1.165) is 11.5 Å². The average molecular weight is 245 g/mol. The summed E-state index contributed by atoms with van der Waals surface area (Å²) in [4.78, 5) is 20.7. The molecular formula is C11H11N5O2. The first-order valence-electron chi connectivity index (χ1n) is 5.37. The number of nitrogens with one attached hydrogen (secondary N) is 3. The molecule has 5 N–H and O–H groups in total. The fourth-order valence-corrected chi connectivity index (χ4v) is 1.74. The Bertz CT molecular complexity index is 726. The second-order valence-electron chi connectivity index (χ2n) is 3.84. The highest BCUT2D eigenvalue weighted by Crippen LogP contribution is 2.24. The van der Waals surface area contributed by atoms with Crippen molar-refractivity contribution in [3.8, 4) is 0 Å². The summed E-state index contributed by atoms with van der Waals surface area (Å²) < 4.78 is 4.92. The van der Waals surface area contributed by atoms with E-state index in [1.165, 1.54) is 0 Å². The van der Waals surface area contributed by atoms with E-state index in [1.54, 1.807) is 24.5 Å². The Balaban J connectivity index is 1.91. The third-order valence-corrected chi connectivity index (χ3v) is 2.59. The predicted molar refractivity (Wildman–Crippen MR) is 67.2 cm³/mol. The Morgan fingerprint density at radius 2 is 2.33 bits per heavy atom. The van der Waals surface area contributed by atoms with E-state index < -0.39 is 5.76 Å². The maximum atomic E-state index is 11.1. The molecule has 2 aromatic heterocycles. The van der Waals surface area contributed by atoms with Gasteiger partial charge in [0, 0.05) is 18.5 Å². The number of benzene rings is 1. The van der Waals surface area contributed by atoms with Crippen molar-refractivity contribution in [2.45, 2.75) is 6.54 Å². The highest BCUT2D eigenvalue weighted by molar-refractivity contribution is 5.85. The van der Waals surface area contributed by atoms with Gasteiger partial charge in [-0.25, -0.2) is 9.78 Å². The van der Waals surface area contributed by atoms with Crippen LogP contribution < -0.4 is 16.8 Å². The molecule has 18 heavy (non-hydrogen) atoms. The Labute approximate surface area is 101 Å². The van der Waals surface area contributed by atoms with E-state index >= 15 is 0 Å². The standard InChI is InChI=1S/C11H11N5O2/c12-6-3-9-8(16-11(17)18-9)4-7(6)15-5-10-13-1-2-14-10/h1-4,15H,5,12H2,(H,13,14)(H,16,17). The minimum absolute atomic E-state index is 0.445. The van der Waals surface area contributed by atoms with Crippen LogP contribution in [0.5, 0.6) is 0 Å². The molecular weight excluding hydrogens is 234 g/mol. The van der Waals surface area contributed by atoms with Gasteiger partial charge in [0.25, 0.3) is 0 Å². The molecule has 92 valence electrons. The van der Waals surface area contributed by atoms with Crippen LogP contribution in [0.3, 0.4) is 0 Å². The molecule has 0 bridgehead atoms. The van der Waals surface area contributed by atoms with Crippen molar-refractivity contribution in [2.75, 3.05) is 11.1 Å². The monoisotopic (exact) mass is 245 g/mol. The molecule has 0 saturated heterocycles. The number of rotatable bonds is 3. The van der Waals surface area contributed by atoms with Gasteiger partial charge in [-0.15, -0.1) is 0 Å². The largest absolute Gasteiger partial charge is 0.417 e. The van der Waals surface area contributed by atoms with Gasteiger partial charge in [-0.2, -0.15) is 0 Å². The molecule has 0 radical (unpaired) electrons. The summed E-state index contributed by atoms with van der Waals surface area (Å²) in [6.45, 7) is 0.519. The summed E-state index contributed by atoms with van der Waals surface area (Å²) in [6, 6.07) is 3.34. The number of imidazole rings is 1. The number of H-pyrrole nitrogens is 2. The van der Waals surface area contributed by atoms with Gasteiger partial charge in [0.1, 0.15) is 5.82 Å². The first-order valence-corrected chi connectivity index (χ1v) is 5.37. The molecule has 0 fully saturated rings. The van der Waals surface area contributed by atoms with Crippen LogP contribution >= 0.6 is 0 Å². The molecule has 0 aliphatic rings. The fourth-order valence-electron chi connectivity index (χ4n) is 1.74. The molecule has 0 amide bonds. The number of hydrogen-bond acceptors (Lipinski definition) is 5. The van der Waals surface area contributed by atoms with Crippen molar-refractivity contribution in [1.82, 2.24) is 15.0 Å². The van der Waals surface area contributed by atoms with Gasteiger partial charge in [-0.3, -0.25) is 4.98 Å². The molecule has 7 nitrogen and oxygen atoms in total. The molecule has 0 aliphatic carbocycles. The quantitative estimate of drug-likeness (QED) is 0.515.